The number of halogens is 1. The summed E-state index contributed by atoms with van der Waals surface area (Å²) < 4.78 is 13.3. The van der Waals surface area contributed by atoms with Crippen LogP contribution in [-0.4, -0.2) is 4.98 Å². The number of pyridine rings is 1. The third kappa shape index (κ3) is 2.03. The molecular weight excluding hydrogens is 225 g/mol. The molecule has 0 fully saturated rings. The third-order valence-electron chi connectivity index (χ3n) is 3.60. The van der Waals surface area contributed by atoms with Gasteiger partial charge in [-0.2, -0.15) is 0 Å². The van der Waals surface area contributed by atoms with E-state index in [2.05, 4.69) is 17.1 Å². The van der Waals surface area contributed by atoms with Gasteiger partial charge in [0.25, 0.3) is 0 Å². The van der Waals surface area contributed by atoms with Crippen LogP contribution in [0.25, 0.3) is 16.5 Å². The van der Waals surface area contributed by atoms with Crippen molar-refractivity contribution >= 4 is 16.5 Å². The number of aryl methyl sites for hydroxylation is 1. The van der Waals surface area contributed by atoms with Crippen molar-refractivity contribution in [3.63, 3.8) is 0 Å². The van der Waals surface area contributed by atoms with Crippen molar-refractivity contribution in [3.05, 3.63) is 47.4 Å². The van der Waals surface area contributed by atoms with E-state index in [1.807, 2.05) is 6.92 Å². The Hall–Kier alpha value is -1.70. The summed E-state index contributed by atoms with van der Waals surface area (Å²) in [5.74, 6) is -0.197. The molecule has 0 atom stereocenters. The van der Waals surface area contributed by atoms with Gasteiger partial charge in [-0.3, -0.25) is 4.98 Å². The Morgan fingerprint density at radius 1 is 1.17 bits per heavy atom. The number of nitrogens with zero attached hydrogens (tertiary/aromatic N) is 1. The second kappa shape index (κ2) is 4.52. The monoisotopic (exact) mass is 241 g/mol. The van der Waals surface area contributed by atoms with Crippen LogP contribution in [-0.2, 0) is 0 Å². The van der Waals surface area contributed by atoms with E-state index >= 15 is 0 Å². The van der Waals surface area contributed by atoms with E-state index in [9.17, 15) is 4.39 Å². The van der Waals surface area contributed by atoms with Crippen molar-refractivity contribution < 1.29 is 4.39 Å². The normalized spacial score (nSPS) is 15.8. The first-order chi connectivity index (χ1) is 8.74. The molecule has 3 rings (SSSR count). The molecule has 0 amide bonds. The van der Waals surface area contributed by atoms with E-state index in [-0.39, 0.29) is 5.82 Å². The smallest absolute Gasteiger partial charge is 0.123 e. The molecule has 0 radical (unpaired) electrons. The van der Waals surface area contributed by atoms with Crippen molar-refractivity contribution in [2.45, 2.75) is 32.6 Å². The fourth-order valence-electron chi connectivity index (χ4n) is 2.65. The van der Waals surface area contributed by atoms with Crippen LogP contribution in [0.3, 0.4) is 0 Å². The van der Waals surface area contributed by atoms with E-state index in [1.165, 1.54) is 30.0 Å². The maximum Gasteiger partial charge on any atom is 0.123 e. The quantitative estimate of drug-likeness (QED) is 0.708. The van der Waals surface area contributed by atoms with Gasteiger partial charge >= 0.3 is 0 Å². The van der Waals surface area contributed by atoms with Gasteiger partial charge in [0.1, 0.15) is 5.82 Å². The molecule has 1 aromatic carbocycles. The van der Waals surface area contributed by atoms with Crippen molar-refractivity contribution in [3.8, 4) is 0 Å². The van der Waals surface area contributed by atoms with E-state index < -0.39 is 0 Å². The number of fused-ring (bicyclic) bond motifs is 1. The first kappa shape index (κ1) is 11.4. The van der Waals surface area contributed by atoms with Crippen molar-refractivity contribution in [2.75, 3.05) is 0 Å². The Kier molecular flexibility index (Phi) is 2.86. The van der Waals surface area contributed by atoms with Gasteiger partial charge in [0.05, 0.1) is 5.52 Å². The lowest BCUT2D eigenvalue weighted by Gasteiger charge is -2.15. The van der Waals surface area contributed by atoms with Crippen LogP contribution < -0.4 is 0 Å². The van der Waals surface area contributed by atoms with Crippen LogP contribution in [0.4, 0.5) is 4.39 Å². The van der Waals surface area contributed by atoms with Gasteiger partial charge < -0.3 is 0 Å². The standard InChI is InChI=1S/C16H16FN/c1-11-15(12-5-3-2-4-6-12)10-13-9-14(17)7-8-16(13)18-11/h5,7-10H,2-4,6H2,1H3. The number of hydrogen-bond donors (Lipinski definition) is 0. The maximum absolute atomic E-state index is 13.3. The predicted molar refractivity (Wildman–Crippen MR) is 72.9 cm³/mol. The largest absolute Gasteiger partial charge is 0.253 e. The minimum absolute atomic E-state index is 0.197. The fraction of sp³-hybridized carbons (Fsp3) is 0.312. The molecule has 2 aromatic rings. The minimum atomic E-state index is -0.197. The molecule has 0 spiro atoms. The van der Waals surface area contributed by atoms with E-state index in [0.29, 0.717) is 0 Å². The van der Waals surface area contributed by atoms with Crippen molar-refractivity contribution in [1.82, 2.24) is 4.98 Å². The molecule has 1 heterocycles. The summed E-state index contributed by atoms with van der Waals surface area (Å²) >= 11 is 0. The average molecular weight is 241 g/mol. The van der Waals surface area contributed by atoms with E-state index in [0.717, 1.165) is 29.4 Å². The summed E-state index contributed by atoms with van der Waals surface area (Å²) in [5.41, 5.74) is 4.47. The van der Waals surface area contributed by atoms with Crippen LogP contribution in [0.5, 0.6) is 0 Å². The first-order valence-electron chi connectivity index (χ1n) is 6.50. The Bertz CT molecular complexity index is 628. The lowest BCUT2D eigenvalue weighted by atomic mass is 9.92. The molecule has 2 heteroatoms. The molecule has 1 aliphatic rings. The van der Waals surface area contributed by atoms with Gasteiger partial charge in [0, 0.05) is 11.1 Å². The van der Waals surface area contributed by atoms with Gasteiger partial charge in [-0.1, -0.05) is 6.08 Å². The zero-order valence-corrected chi connectivity index (χ0v) is 10.5. The predicted octanol–water partition coefficient (Wildman–Crippen LogP) is 4.64. The molecule has 0 saturated carbocycles. The van der Waals surface area contributed by atoms with Gasteiger partial charge in [0.2, 0.25) is 0 Å². The SMILES string of the molecule is Cc1nc2ccc(F)cc2cc1C1=CCCCC1. The van der Waals surface area contributed by atoms with Gasteiger partial charge in [-0.25, -0.2) is 4.39 Å². The fourth-order valence-corrected chi connectivity index (χ4v) is 2.65. The molecule has 0 saturated heterocycles. The molecule has 0 bridgehead atoms. The Labute approximate surface area is 106 Å². The summed E-state index contributed by atoms with van der Waals surface area (Å²) in [7, 11) is 0. The van der Waals surface area contributed by atoms with Crippen LogP contribution in [0, 0.1) is 12.7 Å². The Morgan fingerprint density at radius 2 is 2.06 bits per heavy atom. The molecule has 92 valence electrons. The molecule has 0 unspecified atom stereocenters. The number of allylic oxidation sites excluding steroid dienone is 2. The lowest BCUT2D eigenvalue weighted by molar-refractivity contribution is 0.629. The number of aromatic nitrogens is 1. The highest BCUT2D eigenvalue weighted by atomic mass is 19.1. The van der Waals surface area contributed by atoms with E-state index in [1.54, 1.807) is 12.1 Å². The summed E-state index contributed by atoms with van der Waals surface area (Å²) in [6, 6.07) is 6.86. The Balaban J connectivity index is 2.16. The average Bonchev–Trinajstić information content (AvgIpc) is 2.39. The highest BCUT2D eigenvalue weighted by Gasteiger charge is 2.11. The summed E-state index contributed by atoms with van der Waals surface area (Å²) in [6.07, 6.45) is 7.09. The van der Waals surface area contributed by atoms with Gasteiger partial charge in [-0.05, 0) is 68.0 Å². The third-order valence-corrected chi connectivity index (χ3v) is 3.60. The molecule has 0 aliphatic heterocycles. The molecule has 0 N–H and O–H groups in total. The molecular formula is C16H16FN. The van der Waals surface area contributed by atoms with Gasteiger partial charge in [-0.15, -0.1) is 0 Å². The Morgan fingerprint density at radius 3 is 2.83 bits per heavy atom. The van der Waals surface area contributed by atoms with Crippen molar-refractivity contribution in [2.24, 2.45) is 0 Å². The minimum Gasteiger partial charge on any atom is -0.253 e. The number of rotatable bonds is 1. The van der Waals surface area contributed by atoms with Crippen LogP contribution >= 0.6 is 0 Å². The molecule has 18 heavy (non-hydrogen) atoms. The zero-order chi connectivity index (χ0) is 12.5. The van der Waals surface area contributed by atoms with E-state index in [4.69, 9.17) is 0 Å². The number of benzene rings is 1. The van der Waals surface area contributed by atoms with Crippen molar-refractivity contribution in [1.29, 1.82) is 0 Å². The summed E-state index contributed by atoms with van der Waals surface area (Å²) in [6.45, 7) is 2.04. The first-order valence-corrected chi connectivity index (χ1v) is 6.50. The second-order valence-corrected chi connectivity index (χ2v) is 4.93. The highest BCUT2D eigenvalue weighted by molar-refractivity contribution is 5.84. The molecule has 1 aromatic heterocycles. The summed E-state index contributed by atoms with van der Waals surface area (Å²) in [5, 5.41) is 0.891. The zero-order valence-electron chi connectivity index (χ0n) is 10.5. The second-order valence-electron chi connectivity index (χ2n) is 4.93. The van der Waals surface area contributed by atoms with Crippen LogP contribution in [0.2, 0.25) is 0 Å². The topological polar surface area (TPSA) is 12.9 Å². The van der Waals surface area contributed by atoms with Crippen LogP contribution in [0.1, 0.15) is 36.9 Å². The molecule has 1 aliphatic carbocycles. The lowest BCUT2D eigenvalue weighted by Crippen LogP contribution is -1.97. The highest BCUT2D eigenvalue weighted by Crippen LogP contribution is 2.30. The molecule has 1 nitrogen and oxygen atoms in total. The van der Waals surface area contributed by atoms with Crippen LogP contribution in [0.15, 0.2) is 30.3 Å². The van der Waals surface area contributed by atoms with Gasteiger partial charge in [0.15, 0.2) is 0 Å². The number of hydrogen-bond acceptors (Lipinski definition) is 1. The maximum atomic E-state index is 13.3. The summed E-state index contributed by atoms with van der Waals surface area (Å²) in [4.78, 5) is 4.58.